The molecule has 2 aromatic carbocycles. The number of benzene rings is 2. The number of aryl methyl sites for hydroxylation is 1. The largest absolute Gasteiger partial charge is 0.384 e. The van der Waals surface area contributed by atoms with E-state index in [4.69, 9.17) is 5.73 Å². The van der Waals surface area contributed by atoms with Crippen LogP contribution in [0, 0.1) is 18.3 Å². The van der Waals surface area contributed by atoms with Crippen molar-refractivity contribution >= 4 is 61.5 Å². The first-order valence-corrected chi connectivity index (χ1v) is 14.5. The fourth-order valence-electron chi connectivity index (χ4n) is 4.73. The molecule has 0 fully saturated rings. The van der Waals surface area contributed by atoms with E-state index in [-0.39, 0.29) is 23.3 Å². The number of amides is 1. The molecule has 1 atom stereocenters. The molecular weight excluding hydrogens is 584 g/mol. The highest BCUT2D eigenvalue weighted by molar-refractivity contribution is 9.10. The van der Waals surface area contributed by atoms with E-state index in [1.165, 1.54) is 23.1 Å². The first-order chi connectivity index (χ1) is 18.4. The van der Waals surface area contributed by atoms with Crippen molar-refractivity contribution in [2.45, 2.75) is 36.4 Å². The lowest BCUT2D eigenvalue weighted by Crippen LogP contribution is -2.38. The minimum absolute atomic E-state index is 0.0198. The van der Waals surface area contributed by atoms with Gasteiger partial charge in [-0.25, -0.2) is 0 Å². The number of Topliss-reactive ketones (excluding diaryl/α,β-unsaturated/α-hetero) is 1. The van der Waals surface area contributed by atoms with E-state index < -0.39 is 5.92 Å². The Hall–Kier alpha value is -3.46. The second-order valence-electron chi connectivity index (χ2n) is 8.93. The number of allylic oxidation sites excluding steroid dienone is 3. The van der Waals surface area contributed by atoms with Crippen molar-refractivity contribution in [3.63, 3.8) is 0 Å². The van der Waals surface area contributed by atoms with Gasteiger partial charge in [-0.05, 0) is 43.5 Å². The van der Waals surface area contributed by atoms with Gasteiger partial charge in [0.15, 0.2) is 10.1 Å². The molecule has 2 aliphatic rings. The lowest BCUT2D eigenvalue weighted by atomic mass is 9.75. The molecular formula is C27H23BrN6O2S2. The van der Waals surface area contributed by atoms with Gasteiger partial charge in [-0.3, -0.25) is 14.5 Å². The summed E-state index contributed by atoms with van der Waals surface area (Å²) in [5.41, 5.74) is 10.9. The summed E-state index contributed by atoms with van der Waals surface area (Å²) < 4.78 is 1.46. The molecule has 11 heteroatoms. The van der Waals surface area contributed by atoms with E-state index in [1.807, 2.05) is 55.5 Å². The lowest BCUT2D eigenvalue weighted by molar-refractivity contribution is -0.116. The molecule has 192 valence electrons. The number of aromatic nitrogens is 2. The van der Waals surface area contributed by atoms with Crippen molar-refractivity contribution in [2.24, 2.45) is 5.73 Å². The van der Waals surface area contributed by atoms with Crippen LogP contribution in [0.15, 0.2) is 80.0 Å². The minimum Gasteiger partial charge on any atom is -0.384 e. The van der Waals surface area contributed by atoms with Gasteiger partial charge in [0.2, 0.25) is 11.0 Å². The molecule has 1 aromatic heterocycles. The fourth-order valence-corrected chi connectivity index (χ4v) is 6.81. The third kappa shape index (κ3) is 5.25. The molecule has 0 bridgehead atoms. The predicted molar refractivity (Wildman–Crippen MR) is 153 cm³/mol. The number of anilines is 2. The average molecular weight is 608 g/mol. The topological polar surface area (TPSA) is 125 Å². The third-order valence-electron chi connectivity index (χ3n) is 6.31. The molecule has 3 aromatic rings. The number of nitrogens with two attached hydrogens (primary N) is 1. The van der Waals surface area contributed by atoms with E-state index in [0.717, 1.165) is 21.3 Å². The van der Waals surface area contributed by atoms with Gasteiger partial charge in [-0.15, -0.1) is 10.2 Å². The summed E-state index contributed by atoms with van der Waals surface area (Å²) in [6.45, 7) is 1.98. The second kappa shape index (κ2) is 11.1. The first-order valence-electron chi connectivity index (χ1n) is 11.9. The number of carbonyl (C=O) groups excluding carboxylic acids is 2. The highest BCUT2D eigenvalue weighted by Crippen LogP contribution is 2.47. The van der Waals surface area contributed by atoms with Crippen molar-refractivity contribution in [3.8, 4) is 6.07 Å². The van der Waals surface area contributed by atoms with Gasteiger partial charge < -0.3 is 11.1 Å². The molecule has 2 heterocycles. The maximum atomic E-state index is 13.3. The maximum absolute atomic E-state index is 13.3. The van der Waals surface area contributed by atoms with Crippen molar-refractivity contribution in [1.29, 1.82) is 5.26 Å². The Morgan fingerprint density at radius 1 is 1.26 bits per heavy atom. The summed E-state index contributed by atoms with van der Waals surface area (Å²) in [4.78, 5) is 27.4. The number of ketones is 1. The van der Waals surface area contributed by atoms with Crippen LogP contribution in [0.3, 0.4) is 0 Å². The predicted octanol–water partition coefficient (Wildman–Crippen LogP) is 5.64. The standard InChI is InChI=1S/C27H23BrN6O2S2/c1-15-5-2-6-16(11-15)23-19(13-29)25(30)34(20-9-4-10-21(35)24(20)23)26-32-33-27(38-26)37-14-22(36)31-18-8-3-7-17(28)12-18/h2-3,5-8,11-12,23H,4,9-10,14,30H2,1H3,(H,31,36). The zero-order valence-electron chi connectivity index (χ0n) is 20.4. The highest BCUT2D eigenvalue weighted by Gasteiger charge is 2.41. The number of hydrogen-bond donors (Lipinski definition) is 2. The molecule has 1 amide bonds. The molecule has 0 spiro atoms. The number of rotatable bonds is 6. The Morgan fingerprint density at radius 2 is 2.08 bits per heavy atom. The summed E-state index contributed by atoms with van der Waals surface area (Å²) >= 11 is 5.93. The van der Waals surface area contributed by atoms with Crippen LogP contribution in [0.1, 0.15) is 36.3 Å². The van der Waals surface area contributed by atoms with E-state index in [2.05, 4.69) is 37.5 Å². The maximum Gasteiger partial charge on any atom is 0.234 e. The molecule has 3 N–H and O–H groups in total. The van der Waals surface area contributed by atoms with Crippen molar-refractivity contribution in [2.75, 3.05) is 16.0 Å². The molecule has 1 aliphatic carbocycles. The average Bonchev–Trinajstić information content (AvgIpc) is 3.35. The van der Waals surface area contributed by atoms with Crippen LogP contribution in [0.25, 0.3) is 0 Å². The highest BCUT2D eigenvalue weighted by atomic mass is 79.9. The first kappa shape index (κ1) is 26.2. The van der Waals surface area contributed by atoms with Gasteiger partial charge in [0, 0.05) is 27.9 Å². The van der Waals surface area contributed by atoms with Crippen molar-refractivity contribution < 1.29 is 9.59 Å². The third-order valence-corrected chi connectivity index (χ3v) is 8.85. The molecule has 38 heavy (non-hydrogen) atoms. The Bertz CT molecular complexity index is 1540. The Kier molecular flexibility index (Phi) is 7.65. The second-order valence-corrected chi connectivity index (χ2v) is 12.0. The zero-order chi connectivity index (χ0) is 26.8. The normalized spacial score (nSPS) is 17.3. The van der Waals surface area contributed by atoms with E-state index in [1.54, 1.807) is 4.90 Å². The van der Waals surface area contributed by atoms with Gasteiger partial charge in [-0.1, -0.05) is 74.9 Å². The van der Waals surface area contributed by atoms with Crippen LogP contribution in [0.2, 0.25) is 0 Å². The molecule has 1 aliphatic heterocycles. The quantitative estimate of drug-likeness (QED) is 0.345. The molecule has 1 unspecified atom stereocenters. The van der Waals surface area contributed by atoms with Gasteiger partial charge >= 0.3 is 0 Å². The van der Waals surface area contributed by atoms with Gasteiger partial charge in [0.25, 0.3) is 0 Å². The SMILES string of the molecule is Cc1cccc(C2C(C#N)=C(N)N(c3nnc(SCC(=O)Nc4cccc(Br)c4)s3)C3=C2C(=O)CCC3)c1. The number of carbonyl (C=O) groups is 2. The summed E-state index contributed by atoms with van der Waals surface area (Å²) in [6, 6.07) is 17.5. The summed E-state index contributed by atoms with van der Waals surface area (Å²) in [7, 11) is 0. The lowest BCUT2D eigenvalue weighted by Gasteiger charge is -2.38. The number of nitrogens with one attached hydrogen (secondary N) is 1. The van der Waals surface area contributed by atoms with Crippen molar-refractivity contribution in [1.82, 2.24) is 10.2 Å². The number of nitrogens with zero attached hydrogens (tertiary/aromatic N) is 4. The number of halogens is 1. The van der Waals surface area contributed by atoms with Crippen LogP contribution in [-0.4, -0.2) is 27.6 Å². The number of hydrogen-bond acceptors (Lipinski definition) is 9. The Morgan fingerprint density at radius 3 is 2.84 bits per heavy atom. The van der Waals surface area contributed by atoms with Crippen LogP contribution >= 0.6 is 39.0 Å². The van der Waals surface area contributed by atoms with E-state index >= 15 is 0 Å². The zero-order valence-corrected chi connectivity index (χ0v) is 23.6. The number of nitriles is 1. The molecule has 0 saturated heterocycles. The fraction of sp³-hybridized carbons (Fsp3) is 0.222. The molecule has 5 rings (SSSR count). The van der Waals surface area contributed by atoms with Gasteiger partial charge in [0.1, 0.15) is 5.82 Å². The molecule has 0 saturated carbocycles. The van der Waals surface area contributed by atoms with Crippen LogP contribution in [0.4, 0.5) is 10.8 Å². The number of thioether (sulfide) groups is 1. The van der Waals surface area contributed by atoms with Crippen molar-refractivity contribution in [3.05, 3.63) is 86.8 Å². The Balaban J connectivity index is 1.42. The molecule has 0 radical (unpaired) electrons. The van der Waals surface area contributed by atoms with Gasteiger partial charge in [0.05, 0.1) is 23.3 Å². The van der Waals surface area contributed by atoms with Crippen LogP contribution in [-0.2, 0) is 9.59 Å². The van der Waals surface area contributed by atoms with E-state index in [9.17, 15) is 14.9 Å². The Labute approximate surface area is 236 Å². The van der Waals surface area contributed by atoms with E-state index in [0.29, 0.717) is 45.6 Å². The summed E-state index contributed by atoms with van der Waals surface area (Å²) in [5.74, 6) is -0.253. The molecule has 8 nitrogen and oxygen atoms in total. The van der Waals surface area contributed by atoms with Crippen LogP contribution < -0.4 is 16.0 Å². The summed E-state index contributed by atoms with van der Waals surface area (Å²) in [6.07, 6.45) is 1.76. The van der Waals surface area contributed by atoms with Gasteiger partial charge in [-0.2, -0.15) is 5.26 Å². The smallest absolute Gasteiger partial charge is 0.234 e. The van der Waals surface area contributed by atoms with Crippen LogP contribution in [0.5, 0.6) is 0 Å². The summed E-state index contributed by atoms with van der Waals surface area (Å²) in [5, 5.41) is 22.1. The minimum atomic E-state index is -0.512. The monoisotopic (exact) mass is 606 g/mol.